The molecule has 0 atom stereocenters. The standard InChI is InChI=1S/C24H31ClF6N4O4.C16H21ClN2O3.C9H11F6NO2.C9H18N2O2.C8H10F6N2O2.C7H4ClFO.C5H11N/c1-22(2,3)39-21(37)35-12-10-33(11-13-35)18-14-17(25)5-4-16(18)15-32-6-8-34(9-7-32)20(36)38-19(23(26,27)28)24(29,30)31;1-16(2,3)22-15(21)19-8-6-18(7-9-19)14-10-13(17)5-4-12(14)11-20;10-8(11,12)6(9(13,14)15)18-7(17)16-4-2-1-3-5-16;1-9(2,3)13-8(12)11-6-4-10-5-7-11;9-7(10,11)5(8(12,13)14)18-6(17)16-3-1-15-2-4-16;8-6-2-1-5(4-10)7(9)3-6;1-2-4-6-5-3-1/h4-5,14,19H,6-13,15H2,1-3H3;4-5,10-11H,6-9H2,1-3H3;6H,1-5H2;10H,4-7H2,1-3H3;5,15H,1-4H2;1-4H;6H,1-5H2. The molecule has 26 nitrogen and oxygen atoms in total. The number of likely N-dealkylation sites (tertiary alicyclic amines) is 1. The summed E-state index contributed by atoms with van der Waals surface area (Å²) in [6.07, 6.45) is -44.9. The molecule has 7 saturated heterocycles. The zero-order valence-electron chi connectivity index (χ0n) is 70.6. The second kappa shape index (κ2) is 49.4. The van der Waals surface area contributed by atoms with E-state index >= 15 is 0 Å². The summed E-state index contributed by atoms with van der Waals surface area (Å²) >= 11 is 17.7. The van der Waals surface area contributed by atoms with Gasteiger partial charge in [0.2, 0.25) is 0 Å². The van der Waals surface area contributed by atoms with E-state index in [-0.39, 0.29) is 94.9 Å². The van der Waals surface area contributed by atoms with Crippen molar-refractivity contribution in [3.8, 4) is 0 Å². The number of carbonyl (C=O) groups excluding carboxylic acids is 8. The smallest absolute Gasteiger partial charge is 0.434 e. The summed E-state index contributed by atoms with van der Waals surface area (Å²) in [6, 6.07) is 14.5. The molecule has 0 bridgehead atoms. The molecule has 3 N–H and O–H groups in total. The summed E-state index contributed by atoms with van der Waals surface area (Å²) in [6.45, 7) is 28.1. The number of benzene rings is 3. The molecule has 0 unspecified atom stereocenters. The van der Waals surface area contributed by atoms with E-state index < -0.39 is 90.7 Å². The topological polar surface area (TPSA) is 257 Å². The summed E-state index contributed by atoms with van der Waals surface area (Å²) in [5, 5.41) is 10.7. The molecule has 10 rings (SSSR count). The van der Waals surface area contributed by atoms with Crippen LogP contribution in [0.15, 0.2) is 54.6 Å². The number of carbonyl (C=O) groups is 8. The Morgan fingerprint density at radius 1 is 0.341 bits per heavy atom. The van der Waals surface area contributed by atoms with Crippen LogP contribution in [0.4, 0.5) is 124 Å². The molecule has 6 amide bonds. The zero-order chi connectivity index (χ0) is 95.2. The Labute approximate surface area is 731 Å². The largest absolute Gasteiger partial charge is 0.444 e. The minimum atomic E-state index is -5.76. The maximum absolute atomic E-state index is 12.7. The van der Waals surface area contributed by atoms with Gasteiger partial charge in [-0.2, -0.15) is 79.0 Å². The molecule has 3 aromatic rings. The van der Waals surface area contributed by atoms with E-state index in [1.54, 1.807) is 59.7 Å². The van der Waals surface area contributed by atoms with Crippen LogP contribution < -0.4 is 25.8 Å². The van der Waals surface area contributed by atoms with Crippen molar-refractivity contribution in [1.82, 2.24) is 50.2 Å². The number of anilines is 2. The van der Waals surface area contributed by atoms with Crippen LogP contribution in [0.2, 0.25) is 15.1 Å². The van der Waals surface area contributed by atoms with Gasteiger partial charge in [-0.1, -0.05) is 47.3 Å². The summed E-state index contributed by atoms with van der Waals surface area (Å²) in [5.41, 5.74) is 1.72. The van der Waals surface area contributed by atoms with E-state index in [2.05, 4.69) is 40.0 Å². The van der Waals surface area contributed by atoms with E-state index in [1.165, 1.54) is 44.5 Å². The second-order valence-electron chi connectivity index (χ2n) is 31.9. The number of rotatable bonds is 9. The Morgan fingerprint density at radius 3 is 0.937 bits per heavy atom. The van der Waals surface area contributed by atoms with E-state index in [9.17, 15) is 122 Å². The average molecular weight is 1900 g/mol. The lowest BCUT2D eigenvalue weighted by Crippen LogP contribution is -2.52. The molecule has 0 aromatic heterocycles. The first-order valence-corrected chi connectivity index (χ1v) is 40.8. The van der Waals surface area contributed by atoms with Crippen LogP contribution in [0.5, 0.6) is 0 Å². The van der Waals surface area contributed by atoms with Gasteiger partial charge in [-0.15, -0.1) is 0 Å². The minimum absolute atomic E-state index is 0.00126. The van der Waals surface area contributed by atoms with Crippen LogP contribution in [0, 0.1) is 5.82 Å². The van der Waals surface area contributed by atoms with Gasteiger partial charge in [0, 0.05) is 183 Å². The first-order chi connectivity index (χ1) is 58.2. The van der Waals surface area contributed by atoms with Gasteiger partial charge >= 0.3 is 73.6 Å². The van der Waals surface area contributed by atoms with Gasteiger partial charge < -0.3 is 83.6 Å². The number of amides is 6. The molecule has 48 heteroatoms. The van der Waals surface area contributed by atoms with Gasteiger partial charge in [-0.3, -0.25) is 14.5 Å². The molecular weight excluding hydrogens is 1800 g/mol. The first-order valence-electron chi connectivity index (χ1n) is 39.7. The Balaban J connectivity index is 0.000000329. The Hall–Kier alpha value is -8.40. The van der Waals surface area contributed by atoms with Crippen molar-refractivity contribution < 1.29 is 150 Å². The number of hydrogen-bond acceptors (Lipinski definition) is 20. The highest BCUT2D eigenvalue weighted by atomic mass is 35.5. The van der Waals surface area contributed by atoms with Crippen LogP contribution in [0.1, 0.15) is 127 Å². The molecule has 0 saturated carbocycles. The van der Waals surface area contributed by atoms with Crippen LogP contribution in [-0.4, -0.2) is 313 Å². The van der Waals surface area contributed by atoms with Crippen molar-refractivity contribution in [3.05, 3.63) is 92.2 Å². The van der Waals surface area contributed by atoms with Crippen molar-refractivity contribution in [2.75, 3.05) is 167 Å². The van der Waals surface area contributed by atoms with Crippen molar-refractivity contribution in [3.63, 3.8) is 0 Å². The number of hydrogen-bond donors (Lipinski definition) is 3. The monoisotopic (exact) mass is 1900 g/mol. The lowest BCUT2D eigenvalue weighted by atomic mass is 10.1. The van der Waals surface area contributed by atoms with Crippen molar-refractivity contribution in [2.45, 2.75) is 180 Å². The minimum Gasteiger partial charge on any atom is -0.444 e. The number of nitrogens with one attached hydrogen (secondary N) is 3. The number of piperidine rings is 2. The summed E-state index contributed by atoms with van der Waals surface area (Å²) in [7, 11) is 0. The Bertz CT molecular complexity index is 3790. The number of ether oxygens (including phenoxy) is 6. The SMILES string of the molecule is C1CCNCC1.CC(C)(C)OC(=O)N1CCN(c2cc(Cl)ccc2C=O)CC1.CC(C)(C)OC(=O)N1CCN(c2cc(Cl)ccc2CN2CCN(C(=O)OC(C(F)(F)F)C(F)(F)F)CC2)CC1.CC(C)(C)OC(=O)N1CCNCC1.O=C(OC(C(F)(F)F)C(F)(F)F)N1CCCCC1.O=C(OC(C(F)(F)F)C(F)(F)F)N1CCNCC1.O=Cc1ccc(Cl)cc1F. The molecule has 7 heterocycles. The predicted octanol–water partition coefficient (Wildman–Crippen LogP) is 16.9. The highest BCUT2D eigenvalue weighted by molar-refractivity contribution is 6.31. The van der Waals surface area contributed by atoms with E-state index in [0.717, 1.165) is 76.6 Å². The number of aldehydes is 2. The molecular formula is C78H106Cl3F19N12O14. The fourth-order valence-corrected chi connectivity index (χ4v) is 12.6. The van der Waals surface area contributed by atoms with E-state index in [1.807, 2.05) is 58.6 Å². The van der Waals surface area contributed by atoms with Crippen molar-refractivity contribution in [2.24, 2.45) is 0 Å². The fourth-order valence-electron chi connectivity index (χ4n) is 12.1. The highest BCUT2D eigenvalue weighted by Gasteiger charge is 2.62. The fraction of sp³-hybridized carbons (Fsp3) is 0.667. The lowest BCUT2D eigenvalue weighted by Gasteiger charge is -2.39. The number of alkyl halides is 18. The summed E-state index contributed by atoms with van der Waals surface area (Å²) in [5.74, 6) is -0.581. The number of halogens is 22. The Morgan fingerprint density at radius 2 is 0.619 bits per heavy atom. The molecule has 7 aliphatic heterocycles. The number of nitrogens with zero attached hydrogens (tertiary/aromatic N) is 9. The van der Waals surface area contributed by atoms with Gasteiger partial charge in [0.15, 0.2) is 12.6 Å². The molecule has 126 heavy (non-hydrogen) atoms. The molecule has 7 aliphatic rings. The van der Waals surface area contributed by atoms with Crippen molar-refractivity contribution >= 4 is 95.3 Å². The molecule has 3 aromatic carbocycles. The third kappa shape index (κ3) is 40.5. The maximum Gasteiger partial charge on any atom is 0.434 e. The van der Waals surface area contributed by atoms with Crippen molar-refractivity contribution in [1.29, 1.82) is 0 Å². The molecule has 7 fully saturated rings. The summed E-state index contributed by atoms with van der Waals surface area (Å²) < 4.78 is 261. The Kier molecular flexibility index (Phi) is 43.1. The lowest BCUT2D eigenvalue weighted by molar-refractivity contribution is -0.309. The predicted molar refractivity (Wildman–Crippen MR) is 426 cm³/mol. The molecule has 0 spiro atoms. The second-order valence-corrected chi connectivity index (χ2v) is 33.2. The third-order valence-electron chi connectivity index (χ3n) is 18.2. The maximum atomic E-state index is 12.7. The van der Waals surface area contributed by atoms with Gasteiger partial charge in [0.1, 0.15) is 22.6 Å². The number of piperazine rings is 5. The van der Waals surface area contributed by atoms with Gasteiger partial charge in [0.05, 0.1) is 5.56 Å². The first kappa shape index (κ1) is 110. The summed E-state index contributed by atoms with van der Waals surface area (Å²) in [4.78, 5) is 105. The van der Waals surface area contributed by atoms with E-state index in [4.69, 9.17) is 49.0 Å². The van der Waals surface area contributed by atoms with Gasteiger partial charge in [0.25, 0.3) is 18.3 Å². The average Bonchev–Trinajstić information content (AvgIpc) is 0.815. The van der Waals surface area contributed by atoms with Crippen LogP contribution in [0.3, 0.4) is 0 Å². The molecule has 0 aliphatic carbocycles. The highest BCUT2D eigenvalue weighted by Crippen LogP contribution is 2.40. The van der Waals surface area contributed by atoms with E-state index in [0.29, 0.717) is 98.7 Å². The normalized spacial score (nSPS) is 17.3. The molecule has 0 radical (unpaired) electrons. The van der Waals surface area contributed by atoms with Crippen LogP contribution in [0.25, 0.3) is 0 Å². The van der Waals surface area contributed by atoms with Crippen LogP contribution >= 0.6 is 34.8 Å². The quantitative estimate of drug-likeness (QED) is 0.102. The van der Waals surface area contributed by atoms with Gasteiger partial charge in [-0.05, 0) is 162 Å². The van der Waals surface area contributed by atoms with Crippen LogP contribution in [-0.2, 0) is 35.0 Å². The zero-order valence-corrected chi connectivity index (χ0v) is 72.8. The third-order valence-corrected chi connectivity index (χ3v) is 18.9. The van der Waals surface area contributed by atoms with Gasteiger partial charge in [-0.25, -0.2) is 33.2 Å². The molecule has 716 valence electrons.